The van der Waals surface area contributed by atoms with E-state index < -0.39 is 5.97 Å². The molecule has 194 valence electrons. The molecular weight excluding hydrogens is 482 g/mol. The lowest BCUT2D eigenvalue weighted by Gasteiger charge is -2.19. The third-order valence-electron chi connectivity index (χ3n) is 6.60. The van der Waals surface area contributed by atoms with Crippen LogP contribution in [0.15, 0.2) is 64.8 Å². The topological polar surface area (TPSA) is 77.1 Å². The number of hydrogen-bond donors (Lipinski definition) is 1. The Morgan fingerprint density at radius 3 is 2.27 bits per heavy atom. The van der Waals surface area contributed by atoms with Crippen LogP contribution in [0.4, 0.5) is 0 Å². The molecule has 0 unspecified atom stereocenters. The van der Waals surface area contributed by atoms with Gasteiger partial charge in [0, 0.05) is 17.8 Å². The van der Waals surface area contributed by atoms with Gasteiger partial charge in [-0.25, -0.2) is 9.48 Å². The number of aromatic nitrogens is 3. The maximum atomic E-state index is 12.9. The zero-order valence-corrected chi connectivity index (χ0v) is 22.8. The molecule has 0 saturated carbocycles. The van der Waals surface area contributed by atoms with Gasteiger partial charge in [0.1, 0.15) is 5.82 Å². The van der Waals surface area contributed by atoms with Gasteiger partial charge in [-0.2, -0.15) is 5.10 Å². The molecule has 2 aromatic carbocycles. The van der Waals surface area contributed by atoms with E-state index in [-0.39, 0.29) is 17.5 Å². The molecule has 0 bridgehead atoms. The molecule has 4 aromatic rings. The Morgan fingerprint density at radius 1 is 0.973 bits per heavy atom. The van der Waals surface area contributed by atoms with Gasteiger partial charge in [-0.3, -0.25) is 9.36 Å². The predicted molar refractivity (Wildman–Crippen MR) is 150 cm³/mol. The first-order chi connectivity index (χ1) is 17.6. The highest BCUT2D eigenvalue weighted by Gasteiger charge is 2.15. The van der Waals surface area contributed by atoms with Gasteiger partial charge in [-0.05, 0) is 64.4 Å². The van der Waals surface area contributed by atoms with Crippen LogP contribution in [-0.4, -0.2) is 25.4 Å². The minimum atomic E-state index is -0.808. The molecule has 0 aliphatic heterocycles. The van der Waals surface area contributed by atoms with Crippen LogP contribution in [0, 0.1) is 0 Å². The van der Waals surface area contributed by atoms with Crippen LogP contribution in [0.3, 0.4) is 0 Å². The highest BCUT2D eigenvalue weighted by Crippen LogP contribution is 2.27. The second-order valence-electron chi connectivity index (χ2n) is 10.5. The van der Waals surface area contributed by atoms with Gasteiger partial charge < -0.3 is 5.11 Å². The fourth-order valence-corrected chi connectivity index (χ4v) is 5.35. The molecule has 6 nitrogen and oxygen atoms in total. The highest BCUT2D eigenvalue weighted by atomic mass is 32.1. The number of aryl methyl sites for hydroxylation is 2. The number of aliphatic carboxylic acids is 1. The summed E-state index contributed by atoms with van der Waals surface area (Å²) in [6, 6.07) is 18.8. The largest absolute Gasteiger partial charge is 0.481 e. The second-order valence-corrected chi connectivity index (χ2v) is 11.5. The van der Waals surface area contributed by atoms with Crippen LogP contribution in [0.25, 0.3) is 11.1 Å². The molecule has 2 heterocycles. The van der Waals surface area contributed by atoms with Crippen LogP contribution in [0.2, 0.25) is 0 Å². The number of hydrogen-bond acceptors (Lipinski definition) is 4. The van der Waals surface area contributed by atoms with E-state index >= 15 is 0 Å². The summed E-state index contributed by atoms with van der Waals surface area (Å²) in [6.07, 6.45) is 2.60. The molecule has 37 heavy (non-hydrogen) atoms. The third kappa shape index (κ3) is 6.66. The van der Waals surface area contributed by atoms with E-state index in [2.05, 4.69) is 74.4 Å². The zero-order valence-electron chi connectivity index (χ0n) is 22.0. The van der Waals surface area contributed by atoms with Gasteiger partial charge in [0.25, 0.3) is 0 Å². The van der Waals surface area contributed by atoms with Crippen molar-refractivity contribution >= 4 is 17.3 Å². The van der Waals surface area contributed by atoms with Crippen molar-refractivity contribution in [3.63, 3.8) is 0 Å². The highest BCUT2D eigenvalue weighted by molar-refractivity contribution is 7.10. The summed E-state index contributed by atoms with van der Waals surface area (Å²) in [6.45, 7) is 9.65. The molecule has 0 amide bonds. The molecular formula is C30H35N3O3S. The van der Waals surface area contributed by atoms with Crippen LogP contribution in [-0.2, 0) is 42.6 Å². The van der Waals surface area contributed by atoms with Crippen molar-refractivity contribution in [1.29, 1.82) is 0 Å². The first-order valence-corrected chi connectivity index (χ1v) is 13.7. The summed E-state index contributed by atoms with van der Waals surface area (Å²) in [5.41, 5.74) is 5.76. The Morgan fingerprint density at radius 2 is 1.65 bits per heavy atom. The Kier molecular flexibility index (Phi) is 8.13. The molecule has 0 radical (unpaired) electrons. The van der Waals surface area contributed by atoms with Crippen molar-refractivity contribution in [2.75, 3.05) is 0 Å². The Bertz CT molecular complexity index is 1400. The van der Waals surface area contributed by atoms with Crippen molar-refractivity contribution < 1.29 is 9.90 Å². The van der Waals surface area contributed by atoms with Crippen LogP contribution in [0.5, 0.6) is 0 Å². The van der Waals surface area contributed by atoms with Crippen molar-refractivity contribution in [3.05, 3.63) is 97.9 Å². The number of rotatable bonds is 10. The molecule has 0 saturated heterocycles. The number of carboxylic acid groups (broad SMARTS) is 1. The summed E-state index contributed by atoms with van der Waals surface area (Å²) in [4.78, 5) is 24.7. The minimum Gasteiger partial charge on any atom is -0.481 e. The first kappa shape index (κ1) is 26.6. The maximum absolute atomic E-state index is 12.9. The molecule has 0 atom stereocenters. The lowest BCUT2D eigenvalue weighted by atomic mass is 9.87. The van der Waals surface area contributed by atoms with Gasteiger partial charge in [-0.1, -0.05) is 69.3 Å². The standard InChI is InChI=1S/C30H35N3O3S/c1-5-32-27(31-33(29(32)36)19-22-11-15-25(16-12-22)30(2,3)4)8-6-7-21-9-13-23(14-10-21)24-17-26(37-20-24)18-28(34)35/h9-17,20H,5-8,18-19H2,1-4H3,(H,34,35). The van der Waals surface area contributed by atoms with Gasteiger partial charge in [0.05, 0.1) is 13.0 Å². The summed E-state index contributed by atoms with van der Waals surface area (Å²) in [7, 11) is 0. The average Bonchev–Trinajstić information content (AvgIpc) is 3.43. The number of carbonyl (C=O) groups is 1. The SMILES string of the molecule is CCn1c(CCCc2ccc(-c3csc(CC(=O)O)c3)cc2)nn(Cc2ccc(C(C)(C)C)cc2)c1=O. The first-order valence-electron chi connectivity index (χ1n) is 12.8. The molecule has 0 fully saturated rings. The van der Waals surface area contributed by atoms with E-state index in [1.54, 1.807) is 9.25 Å². The molecule has 7 heteroatoms. The fourth-order valence-electron chi connectivity index (χ4n) is 4.46. The summed E-state index contributed by atoms with van der Waals surface area (Å²) < 4.78 is 3.36. The average molecular weight is 518 g/mol. The lowest BCUT2D eigenvalue weighted by molar-refractivity contribution is -0.136. The van der Waals surface area contributed by atoms with E-state index in [1.165, 1.54) is 22.5 Å². The zero-order chi connectivity index (χ0) is 26.6. The number of nitrogens with zero attached hydrogens (tertiary/aromatic N) is 3. The fraction of sp³-hybridized carbons (Fsp3) is 0.367. The van der Waals surface area contributed by atoms with Gasteiger partial charge >= 0.3 is 11.7 Å². The lowest BCUT2D eigenvalue weighted by Crippen LogP contribution is -2.25. The molecule has 2 aromatic heterocycles. The normalized spacial score (nSPS) is 11.7. The number of thiophene rings is 1. The molecule has 0 aliphatic rings. The molecule has 1 N–H and O–H groups in total. The molecule has 0 spiro atoms. The smallest absolute Gasteiger partial charge is 0.346 e. The van der Waals surface area contributed by atoms with Crippen LogP contribution in [0.1, 0.15) is 61.5 Å². The van der Waals surface area contributed by atoms with E-state index in [4.69, 9.17) is 5.11 Å². The van der Waals surface area contributed by atoms with Crippen LogP contribution < -0.4 is 5.69 Å². The Labute approximate surface area is 222 Å². The molecule has 0 aliphatic carbocycles. The summed E-state index contributed by atoms with van der Waals surface area (Å²) in [5, 5.41) is 15.7. The monoisotopic (exact) mass is 517 g/mol. The van der Waals surface area contributed by atoms with E-state index in [0.29, 0.717) is 13.1 Å². The van der Waals surface area contributed by atoms with E-state index in [1.807, 2.05) is 18.4 Å². The van der Waals surface area contributed by atoms with Crippen molar-refractivity contribution in [1.82, 2.24) is 14.3 Å². The van der Waals surface area contributed by atoms with Crippen LogP contribution >= 0.6 is 11.3 Å². The van der Waals surface area contributed by atoms with Crippen molar-refractivity contribution in [3.8, 4) is 11.1 Å². The van der Waals surface area contributed by atoms with E-state index in [9.17, 15) is 9.59 Å². The quantitative estimate of drug-likeness (QED) is 0.282. The Hall–Kier alpha value is -3.45. The maximum Gasteiger partial charge on any atom is 0.346 e. The molecule has 4 rings (SSSR count). The third-order valence-corrected chi connectivity index (χ3v) is 7.54. The van der Waals surface area contributed by atoms with Gasteiger partial charge in [-0.15, -0.1) is 11.3 Å². The van der Waals surface area contributed by atoms with E-state index in [0.717, 1.165) is 46.7 Å². The van der Waals surface area contributed by atoms with Gasteiger partial charge in [0.15, 0.2) is 0 Å². The van der Waals surface area contributed by atoms with Crippen molar-refractivity contribution in [2.45, 2.75) is 71.9 Å². The predicted octanol–water partition coefficient (Wildman–Crippen LogP) is 5.94. The second kappa shape index (κ2) is 11.3. The minimum absolute atomic E-state index is 0.0558. The number of benzene rings is 2. The van der Waals surface area contributed by atoms with Gasteiger partial charge in [0.2, 0.25) is 0 Å². The summed E-state index contributed by atoms with van der Waals surface area (Å²) >= 11 is 1.48. The number of carboxylic acids is 1. The summed E-state index contributed by atoms with van der Waals surface area (Å²) in [5.74, 6) is 0.0245. The Balaban J connectivity index is 1.37. The van der Waals surface area contributed by atoms with Crippen molar-refractivity contribution in [2.24, 2.45) is 0 Å².